The number of unbranched alkanes of at least 4 members (excludes halogenated alkanes) is 2. The van der Waals surface area contributed by atoms with Gasteiger partial charge < -0.3 is 5.32 Å². The molecule has 0 unspecified atom stereocenters. The van der Waals surface area contributed by atoms with E-state index in [1.54, 1.807) is 0 Å². The summed E-state index contributed by atoms with van der Waals surface area (Å²) >= 11 is 0. The van der Waals surface area contributed by atoms with Crippen LogP contribution in [0.25, 0.3) is 0 Å². The molecule has 0 aromatic rings. The molecule has 0 aromatic carbocycles. The average molecular weight is 209 g/mol. The van der Waals surface area contributed by atoms with Gasteiger partial charge in [0.05, 0.1) is 0 Å². The lowest BCUT2D eigenvalue weighted by atomic mass is 10.0. The fourth-order valence-corrected chi connectivity index (χ4v) is 1.68. The quantitative estimate of drug-likeness (QED) is 0.568. The normalized spacial score (nSPS) is 12.3. The first-order chi connectivity index (χ1) is 7.11. The van der Waals surface area contributed by atoms with Crippen molar-refractivity contribution in [3.63, 3.8) is 0 Å². The Labute approximate surface area is 95.7 Å². The van der Waals surface area contributed by atoms with Gasteiger partial charge in [-0.05, 0) is 33.1 Å². The second kappa shape index (κ2) is 8.58. The smallest absolute Gasteiger partial charge is 0.0137 e. The maximum absolute atomic E-state index is 3.91. The Morgan fingerprint density at radius 3 is 2.13 bits per heavy atom. The fraction of sp³-hybridized carbons (Fsp3) is 0.714. The molecule has 15 heavy (non-hydrogen) atoms. The van der Waals surface area contributed by atoms with E-state index in [1.807, 2.05) is 6.92 Å². The summed E-state index contributed by atoms with van der Waals surface area (Å²) in [5.41, 5.74) is 3.95. The molecule has 0 heterocycles. The molecule has 88 valence electrons. The van der Waals surface area contributed by atoms with Crippen LogP contribution in [0.3, 0.4) is 0 Å². The van der Waals surface area contributed by atoms with Gasteiger partial charge in [-0.2, -0.15) is 0 Å². The molecule has 0 bridgehead atoms. The van der Waals surface area contributed by atoms with E-state index in [0.29, 0.717) is 0 Å². The minimum absolute atomic E-state index is 1.05. The Bertz CT molecular complexity index is 213. The van der Waals surface area contributed by atoms with Crippen LogP contribution in [0, 0.1) is 0 Å². The molecule has 1 heteroatoms. The first-order valence-corrected chi connectivity index (χ1v) is 6.22. The number of hydrogen-bond donors (Lipinski definition) is 1. The van der Waals surface area contributed by atoms with E-state index in [1.165, 1.54) is 43.4 Å². The van der Waals surface area contributed by atoms with Crippen LogP contribution in [0.5, 0.6) is 0 Å². The van der Waals surface area contributed by atoms with Crippen molar-refractivity contribution < 1.29 is 0 Å². The molecule has 1 N–H and O–H groups in total. The number of hydrogen-bond acceptors (Lipinski definition) is 1. The molecule has 0 aliphatic heterocycles. The molecule has 0 fully saturated rings. The molecule has 0 saturated carbocycles. The third-order valence-electron chi connectivity index (χ3n) is 2.53. The Hall–Kier alpha value is -0.720. The summed E-state index contributed by atoms with van der Waals surface area (Å²) < 4.78 is 0. The van der Waals surface area contributed by atoms with Crippen LogP contribution in [-0.4, -0.2) is 0 Å². The predicted molar refractivity (Wildman–Crippen MR) is 69.7 cm³/mol. The molecule has 0 amide bonds. The van der Waals surface area contributed by atoms with E-state index in [9.17, 15) is 0 Å². The van der Waals surface area contributed by atoms with E-state index in [4.69, 9.17) is 0 Å². The Balaban J connectivity index is 4.25. The van der Waals surface area contributed by atoms with Crippen molar-refractivity contribution in [3.8, 4) is 0 Å². The van der Waals surface area contributed by atoms with Gasteiger partial charge in [-0.1, -0.05) is 45.3 Å². The zero-order valence-corrected chi connectivity index (χ0v) is 10.9. The lowest BCUT2D eigenvalue weighted by molar-refractivity contribution is 0.694. The Morgan fingerprint density at radius 2 is 1.67 bits per heavy atom. The number of allylic oxidation sites excluding steroid dienone is 3. The SMILES string of the molecule is C=C(C)N/C(CCC)=C(\C)CCCCC. The van der Waals surface area contributed by atoms with Crippen molar-refractivity contribution in [1.29, 1.82) is 0 Å². The van der Waals surface area contributed by atoms with Crippen LogP contribution in [-0.2, 0) is 0 Å². The first-order valence-electron chi connectivity index (χ1n) is 6.22. The monoisotopic (exact) mass is 209 g/mol. The first kappa shape index (κ1) is 14.3. The van der Waals surface area contributed by atoms with Crippen molar-refractivity contribution in [3.05, 3.63) is 23.5 Å². The third kappa shape index (κ3) is 7.24. The van der Waals surface area contributed by atoms with Crippen LogP contribution in [0.1, 0.15) is 66.2 Å². The summed E-state index contributed by atoms with van der Waals surface area (Å²) in [6.07, 6.45) is 7.51. The van der Waals surface area contributed by atoms with Crippen molar-refractivity contribution >= 4 is 0 Å². The highest BCUT2D eigenvalue weighted by Crippen LogP contribution is 2.15. The second-order valence-electron chi connectivity index (χ2n) is 4.37. The highest BCUT2D eigenvalue weighted by Gasteiger charge is 2.01. The standard InChI is InChI=1S/C14H27N/c1-6-8-9-11-13(5)14(10-7-2)15-12(3)4/h15H,3,6-11H2,1-2,4-5H3/b14-13+. The highest BCUT2D eigenvalue weighted by atomic mass is 14.9. The largest absolute Gasteiger partial charge is 0.363 e. The maximum Gasteiger partial charge on any atom is 0.0137 e. The number of rotatable bonds is 8. The molecule has 0 saturated heterocycles. The van der Waals surface area contributed by atoms with Gasteiger partial charge in [0.25, 0.3) is 0 Å². The summed E-state index contributed by atoms with van der Waals surface area (Å²) in [7, 11) is 0. The van der Waals surface area contributed by atoms with E-state index in [2.05, 4.69) is 32.7 Å². The van der Waals surface area contributed by atoms with Crippen LogP contribution in [0.2, 0.25) is 0 Å². The Morgan fingerprint density at radius 1 is 1.00 bits per heavy atom. The zero-order chi connectivity index (χ0) is 11.7. The molecule has 0 rings (SSSR count). The van der Waals surface area contributed by atoms with Gasteiger partial charge in [0.2, 0.25) is 0 Å². The van der Waals surface area contributed by atoms with E-state index >= 15 is 0 Å². The van der Waals surface area contributed by atoms with Crippen molar-refractivity contribution in [2.24, 2.45) is 0 Å². The van der Waals surface area contributed by atoms with Gasteiger partial charge in [-0.15, -0.1) is 0 Å². The van der Waals surface area contributed by atoms with E-state index < -0.39 is 0 Å². The van der Waals surface area contributed by atoms with Crippen molar-refractivity contribution in [2.75, 3.05) is 0 Å². The van der Waals surface area contributed by atoms with E-state index in [-0.39, 0.29) is 0 Å². The van der Waals surface area contributed by atoms with Gasteiger partial charge in [-0.25, -0.2) is 0 Å². The maximum atomic E-state index is 3.91. The van der Waals surface area contributed by atoms with Gasteiger partial charge >= 0.3 is 0 Å². The fourth-order valence-electron chi connectivity index (χ4n) is 1.68. The topological polar surface area (TPSA) is 12.0 Å². The summed E-state index contributed by atoms with van der Waals surface area (Å²) in [5.74, 6) is 0. The van der Waals surface area contributed by atoms with E-state index in [0.717, 1.165) is 12.1 Å². The summed E-state index contributed by atoms with van der Waals surface area (Å²) in [5, 5.41) is 3.39. The summed E-state index contributed by atoms with van der Waals surface area (Å²) in [6.45, 7) is 12.6. The van der Waals surface area contributed by atoms with Gasteiger partial charge in [0.1, 0.15) is 0 Å². The third-order valence-corrected chi connectivity index (χ3v) is 2.53. The van der Waals surface area contributed by atoms with Crippen LogP contribution in [0.4, 0.5) is 0 Å². The average Bonchev–Trinajstić information content (AvgIpc) is 2.17. The van der Waals surface area contributed by atoms with Gasteiger partial charge in [0, 0.05) is 11.4 Å². The van der Waals surface area contributed by atoms with Gasteiger partial charge in [-0.3, -0.25) is 0 Å². The Kier molecular flexibility index (Phi) is 8.17. The van der Waals surface area contributed by atoms with Crippen molar-refractivity contribution in [1.82, 2.24) is 5.32 Å². The molecule has 1 nitrogen and oxygen atoms in total. The van der Waals surface area contributed by atoms with Crippen molar-refractivity contribution in [2.45, 2.75) is 66.2 Å². The zero-order valence-electron chi connectivity index (χ0n) is 10.9. The lowest BCUT2D eigenvalue weighted by Crippen LogP contribution is -2.11. The molecular formula is C14H27N. The van der Waals surface area contributed by atoms with Crippen LogP contribution < -0.4 is 5.32 Å². The lowest BCUT2D eigenvalue weighted by Gasteiger charge is -2.14. The molecule has 0 aromatic heterocycles. The molecular weight excluding hydrogens is 182 g/mol. The predicted octanol–water partition coefficient (Wildman–Crippen LogP) is 4.76. The number of nitrogens with one attached hydrogen (secondary N) is 1. The summed E-state index contributed by atoms with van der Waals surface area (Å²) in [6, 6.07) is 0. The highest BCUT2D eigenvalue weighted by molar-refractivity contribution is 5.14. The van der Waals surface area contributed by atoms with Crippen LogP contribution in [0.15, 0.2) is 23.5 Å². The molecule has 0 radical (unpaired) electrons. The molecule has 0 spiro atoms. The minimum atomic E-state index is 1.05. The molecule has 0 aliphatic rings. The minimum Gasteiger partial charge on any atom is -0.363 e. The molecule has 0 aliphatic carbocycles. The van der Waals surface area contributed by atoms with Gasteiger partial charge in [0.15, 0.2) is 0 Å². The molecule has 0 atom stereocenters. The summed E-state index contributed by atoms with van der Waals surface area (Å²) in [4.78, 5) is 0. The second-order valence-corrected chi connectivity index (χ2v) is 4.37. The van der Waals surface area contributed by atoms with Crippen LogP contribution >= 0.6 is 0 Å².